The van der Waals surface area contributed by atoms with E-state index in [0.29, 0.717) is 0 Å². The number of hydrogen-bond acceptors (Lipinski definition) is 2. The smallest absolute Gasteiger partial charge is 0.105 e. The van der Waals surface area contributed by atoms with Crippen LogP contribution in [0.25, 0.3) is 0 Å². The molecular weight excluding hydrogens is 1440 g/mol. The molecule has 2 nitrogen and oxygen atoms in total. The van der Waals surface area contributed by atoms with Crippen molar-refractivity contribution in [3.63, 3.8) is 0 Å². The van der Waals surface area contributed by atoms with Crippen molar-refractivity contribution in [1.82, 2.24) is 0 Å². The average Bonchev–Trinajstić information content (AvgIpc) is 3.13. The molecule has 56 heavy (non-hydrogen) atoms. The second kappa shape index (κ2) is 30.6. The van der Waals surface area contributed by atoms with Gasteiger partial charge in [-0.05, 0) is 12.1 Å². The summed E-state index contributed by atoms with van der Waals surface area (Å²) in [5, 5.41) is 0. The van der Waals surface area contributed by atoms with Crippen molar-refractivity contribution in [2.75, 3.05) is 9.80 Å². The molecule has 14 heteroatoms. The Morgan fingerprint density at radius 2 is 0.732 bits per heavy atom. The zero-order chi connectivity index (χ0) is 30.5. The number of para-hydroxylation sites is 4. The SMILES string of the molecule is [Y].[Y].[Y].[Y].[Y].[Y].[Y].[Y].[Y].[Y].[c-]1c[c-]c(B2c3[c-]cc[c-]c3N(c3[c-]cccc3)c3ccccc32)cc1B1c2[c-]cc[c-]c2N(c2[c-]cccc2)c2ccccc21. The minimum atomic E-state index is -0.0861. The number of benzene rings is 7. The van der Waals surface area contributed by atoms with Gasteiger partial charge < -0.3 is 51.1 Å². The van der Waals surface area contributed by atoms with Gasteiger partial charge in [-0.1, -0.05) is 58.7 Å². The second-order valence-electron chi connectivity index (χ2n) is 11.4. The summed E-state index contributed by atoms with van der Waals surface area (Å²) in [5.41, 5.74) is 12.7. The van der Waals surface area contributed by atoms with E-state index in [2.05, 4.69) is 125 Å². The molecule has 0 N–H and O–H groups in total. The van der Waals surface area contributed by atoms with Crippen LogP contribution in [0.4, 0.5) is 34.1 Å². The van der Waals surface area contributed by atoms with Crippen molar-refractivity contribution >= 4 is 80.3 Å². The normalized spacial score (nSPS) is 10.7. The molecule has 0 bridgehead atoms. The topological polar surface area (TPSA) is 6.48 Å². The molecular formula is C42H22B2N2Y10-8. The maximum Gasteiger partial charge on any atom is 0.105 e. The van der Waals surface area contributed by atoms with Crippen LogP contribution < -0.4 is 42.6 Å². The van der Waals surface area contributed by atoms with Crippen molar-refractivity contribution in [3.8, 4) is 0 Å². The van der Waals surface area contributed by atoms with E-state index in [0.717, 1.165) is 56.0 Å². The molecule has 2 aliphatic rings. The van der Waals surface area contributed by atoms with Gasteiger partial charge in [0.15, 0.2) is 0 Å². The van der Waals surface area contributed by atoms with Crippen LogP contribution in [0, 0.1) is 48.5 Å². The zero-order valence-electron chi connectivity index (χ0n) is 30.5. The second-order valence-corrected chi connectivity index (χ2v) is 11.4. The molecule has 0 aliphatic carbocycles. The molecule has 0 saturated carbocycles. The van der Waals surface area contributed by atoms with Crippen molar-refractivity contribution < 1.29 is 327 Å². The molecule has 0 atom stereocenters. The summed E-state index contributed by atoms with van der Waals surface area (Å²) in [7, 11) is 0. The number of anilines is 6. The van der Waals surface area contributed by atoms with Gasteiger partial charge >= 0.3 is 0 Å². The molecule has 0 spiro atoms. The maximum absolute atomic E-state index is 3.59. The third-order valence-corrected chi connectivity index (χ3v) is 8.87. The molecule has 7 aromatic rings. The first-order chi connectivity index (χ1) is 22.9. The first-order valence-electron chi connectivity index (χ1n) is 15.4. The molecule has 9 rings (SSSR count). The summed E-state index contributed by atoms with van der Waals surface area (Å²) in [5.74, 6) is 0. The Balaban J connectivity index is 0. The van der Waals surface area contributed by atoms with Crippen LogP contribution in [-0.4, -0.2) is 13.4 Å². The Morgan fingerprint density at radius 1 is 0.357 bits per heavy atom. The Hall–Kier alpha value is 5.31. The van der Waals surface area contributed by atoms with E-state index in [4.69, 9.17) is 0 Å². The zero-order valence-corrected chi connectivity index (χ0v) is 58.9. The first-order valence-corrected chi connectivity index (χ1v) is 15.4. The van der Waals surface area contributed by atoms with Crippen molar-refractivity contribution in [3.05, 3.63) is 182 Å². The molecule has 0 amide bonds. The van der Waals surface area contributed by atoms with Crippen molar-refractivity contribution in [2.45, 2.75) is 0 Å². The predicted molar refractivity (Wildman–Crippen MR) is 189 cm³/mol. The quantitative estimate of drug-likeness (QED) is 0.187. The van der Waals surface area contributed by atoms with Crippen LogP contribution in [-0.2, 0) is 327 Å². The number of hydrogen-bond donors (Lipinski definition) is 0. The summed E-state index contributed by atoms with van der Waals surface area (Å²) in [6.07, 6.45) is 0. The minimum absolute atomic E-state index is 0. The third kappa shape index (κ3) is 13.3. The average molecular weight is 1470 g/mol. The molecule has 244 valence electrons. The fraction of sp³-hybridized carbons (Fsp3) is 0. The largest absolute Gasteiger partial charge is 0.412 e. The van der Waals surface area contributed by atoms with Gasteiger partial charge in [0.1, 0.15) is 13.4 Å². The van der Waals surface area contributed by atoms with Crippen molar-refractivity contribution in [1.29, 1.82) is 0 Å². The van der Waals surface area contributed by atoms with Gasteiger partial charge in [-0.15, -0.1) is 12.1 Å². The maximum atomic E-state index is 3.59. The fourth-order valence-electron chi connectivity index (χ4n) is 7.01. The van der Waals surface area contributed by atoms with Gasteiger partial charge in [-0.25, -0.2) is 0 Å². The van der Waals surface area contributed by atoms with Crippen LogP contribution in [0.1, 0.15) is 0 Å². The summed E-state index contributed by atoms with van der Waals surface area (Å²) in [6.45, 7) is -0.172. The van der Waals surface area contributed by atoms with Crippen LogP contribution in [0.5, 0.6) is 0 Å². The van der Waals surface area contributed by atoms with Crippen LogP contribution in [0.15, 0.2) is 133 Å². The van der Waals surface area contributed by atoms with Crippen LogP contribution in [0.2, 0.25) is 0 Å². The summed E-state index contributed by atoms with van der Waals surface area (Å²) in [4.78, 5) is 4.47. The fourth-order valence-corrected chi connectivity index (χ4v) is 7.01. The summed E-state index contributed by atoms with van der Waals surface area (Å²) < 4.78 is 0. The molecule has 0 fully saturated rings. The molecule has 7 aromatic carbocycles. The molecule has 0 aromatic heterocycles. The van der Waals surface area contributed by atoms with Crippen molar-refractivity contribution in [2.24, 2.45) is 0 Å². The first kappa shape index (κ1) is 63.4. The van der Waals surface area contributed by atoms with E-state index in [1.165, 1.54) is 10.9 Å². The summed E-state index contributed by atoms with van der Waals surface area (Å²) >= 11 is 0. The Morgan fingerprint density at radius 3 is 1.12 bits per heavy atom. The Labute approximate surface area is 585 Å². The minimum Gasteiger partial charge on any atom is -0.412 e. The van der Waals surface area contributed by atoms with Gasteiger partial charge in [0, 0.05) is 338 Å². The van der Waals surface area contributed by atoms with Crippen LogP contribution in [0.3, 0.4) is 0 Å². The molecule has 2 heterocycles. The number of nitrogens with zero attached hydrogens (tertiary/aromatic N) is 2. The summed E-state index contributed by atoms with van der Waals surface area (Å²) in [6, 6.07) is 73.7. The standard InChI is InChI=1S/C42H22B2N2.10Y/c1-3-18-33(19-4-1)45-39-26-11-7-22-35(39)43(36-23-8-12-27-40(36)45)31-16-15-17-32(30-31)44-37-24-9-13-28-41(37)46(34-20-5-2-6-21-34)42-29-14-10-25-38(42)44;;;;;;;;;;/h1-15,18,20,22,24,26,28,30H;;;;;;;;;;/q-8;;;;;;;;;;. The van der Waals surface area contributed by atoms with Crippen LogP contribution >= 0.6 is 0 Å². The molecule has 0 unspecified atom stereocenters. The molecule has 10 radical (unpaired) electrons. The van der Waals surface area contributed by atoms with E-state index in [1.807, 2.05) is 66.7 Å². The van der Waals surface area contributed by atoms with Gasteiger partial charge in [0.25, 0.3) is 0 Å². The Bertz CT molecular complexity index is 1990. The molecule has 2 aliphatic heterocycles. The monoisotopic (exact) mass is 1470 g/mol. The van der Waals surface area contributed by atoms with E-state index >= 15 is 0 Å². The third-order valence-electron chi connectivity index (χ3n) is 8.87. The number of fused-ring (bicyclic) bond motifs is 4. The van der Waals surface area contributed by atoms with E-state index in [-0.39, 0.29) is 341 Å². The van der Waals surface area contributed by atoms with E-state index in [1.54, 1.807) is 0 Å². The van der Waals surface area contributed by atoms with Gasteiger partial charge in [0.2, 0.25) is 0 Å². The predicted octanol–water partition coefficient (Wildman–Crippen LogP) is 4.66. The Kier molecular flexibility index (Phi) is 34.6. The van der Waals surface area contributed by atoms with Gasteiger partial charge in [-0.2, -0.15) is 59.9 Å². The van der Waals surface area contributed by atoms with E-state index in [9.17, 15) is 0 Å². The van der Waals surface area contributed by atoms with Gasteiger partial charge in [0.05, 0.1) is 0 Å². The molecule has 0 saturated heterocycles. The van der Waals surface area contributed by atoms with E-state index < -0.39 is 0 Å². The van der Waals surface area contributed by atoms with Gasteiger partial charge in [-0.3, -0.25) is 53.4 Å². The number of rotatable bonds is 4.